The lowest BCUT2D eigenvalue weighted by molar-refractivity contribution is 0.0697. The van der Waals surface area contributed by atoms with Gasteiger partial charge in [-0.3, -0.25) is 0 Å². The molecule has 0 aliphatic carbocycles. The second-order valence-corrected chi connectivity index (χ2v) is 5.48. The Balaban J connectivity index is 2.10. The molecular formula is C16H12BrNO2. The van der Waals surface area contributed by atoms with Crippen molar-refractivity contribution < 1.29 is 9.90 Å². The van der Waals surface area contributed by atoms with Crippen molar-refractivity contribution in [1.29, 1.82) is 0 Å². The Morgan fingerprint density at radius 1 is 1.15 bits per heavy atom. The maximum Gasteiger partial charge on any atom is 0.335 e. The van der Waals surface area contributed by atoms with E-state index in [0.29, 0.717) is 0 Å². The predicted molar refractivity (Wildman–Crippen MR) is 82.1 cm³/mol. The van der Waals surface area contributed by atoms with Crippen LogP contribution < -0.4 is 0 Å². The molecule has 0 radical (unpaired) electrons. The van der Waals surface area contributed by atoms with Crippen LogP contribution >= 0.6 is 15.9 Å². The number of aromatic nitrogens is 1. The van der Waals surface area contributed by atoms with Crippen molar-refractivity contribution in [1.82, 2.24) is 4.57 Å². The van der Waals surface area contributed by atoms with Gasteiger partial charge in [-0.25, -0.2) is 4.79 Å². The Hall–Kier alpha value is -2.07. The molecule has 0 atom stereocenters. The van der Waals surface area contributed by atoms with Crippen molar-refractivity contribution in [2.75, 3.05) is 0 Å². The van der Waals surface area contributed by atoms with Crippen LogP contribution in [0.2, 0.25) is 0 Å². The first kappa shape index (κ1) is 12.9. The Morgan fingerprint density at radius 2 is 1.90 bits per heavy atom. The highest BCUT2D eigenvalue weighted by atomic mass is 79.9. The van der Waals surface area contributed by atoms with Crippen LogP contribution in [-0.2, 0) is 6.54 Å². The van der Waals surface area contributed by atoms with Gasteiger partial charge >= 0.3 is 5.97 Å². The second-order valence-electron chi connectivity index (χ2n) is 4.63. The molecule has 1 N–H and O–H groups in total. The molecule has 0 fully saturated rings. The number of rotatable bonds is 3. The summed E-state index contributed by atoms with van der Waals surface area (Å²) in [7, 11) is 0. The first-order chi connectivity index (χ1) is 9.65. The molecule has 0 amide bonds. The molecule has 0 saturated carbocycles. The zero-order valence-corrected chi connectivity index (χ0v) is 12.2. The summed E-state index contributed by atoms with van der Waals surface area (Å²) < 4.78 is 2.86. The molecule has 0 spiro atoms. The molecule has 3 aromatic rings. The third-order valence-electron chi connectivity index (χ3n) is 3.28. The number of hydrogen-bond acceptors (Lipinski definition) is 1. The highest BCUT2D eigenvalue weighted by Gasteiger charge is 2.11. The first-order valence-electron chi connectivity index (χ1n) is 6.21. The number of aromatic carboxylic acids is 1. The van der Waals surface area contributed by atoms with Crippen LogP contribution in [0.3, 0.4) is 0 Å². The van der Waals surface area contributed by atoms with Gasteiger partial charge in [0.25, 0.3) is 0 Å². The molecule has 0 bridgehead atoms. The van der Waals surface area contributed by atoms with Gasteiger partial charge in [-0.1, -0.05) is 46.3 Å². The molecule has 4 heteroatoms. The molecular weight excluding hydrogens is 318 g/mol. The van der Waals surface area contributed by atoms with E-state index in [1.165, 1.54) is 5.56 Å². The van der Waals surface area contributed by atoms with Crippen molar-refractivity contribution in [2.24, 2.45) is 0 Å². The lowest BCUT2D eigenvalue weighted by Gasteiger charge is -2.07. The molecule has 0 unspecified atom stereocenters. The van der Waals surface area contributed by atoms with E-state index >= 15 is 0 Å². The largest absolute Gasteiger partial charge is 0.478 e. The van der Waals surface area contributed by atoms with Gasteiger partial charge < -0.3 is 9.67 Å². The standard InChI is InChI=1S/C16H12BrNO2/c17-14-8-12(16(19)20)9-15-13(14)6-7-18(15)10-11-4-2-1-3-5-11/h1-9H,10H2,(H,19,20). The van der Waals surface area contributed by atoms with Crippen LogP contribution in [-0.4, -0.2) is 15.6 Å². The van der Waals surface area contributed by atoms with E-state index in [-0.39, 0.29) is 5.56 Å². The van der Waals surface area contributed by atoms with Gasteiger partial charge in [-0.2, -0.15) is 0 Å². The first-order valence-corrected chi connectivity index (χ1v) is 7.00. The highest BCUT2D eigenvalue weighted by molar-refractivity contribution is 9.10. The van der Waals surface area contributed by atoms with E-state index in [2.05, 4.69) is 32.6 Å². The minimum absolute atomic E-state index is 0.289. The minimum Gasteiger partial charge on any atom is -0.478 e. The maximum absolute atomic E-state index is 11.2. The quantitative estimate of drug-likeness (QED) is 0.784. The molecule has 100 valence electrons. The van der Waals surface area contributed by atoms with E-state index in [1.807, 2.05) is 30.5 Å². The fourth-order valence-electron chi connectivity index (χ4n) is 2.29. The van der Waals surface area contributed by atoms with Gasteiger partial charge in [0.2, 0.25) is 0 Å². The van der Waals surface area contributed by atoms with Gasteiger partial charge in [0.15, 0.2) is 0 Å². The summed E-state index contributed by atoms with van der Waals surface area (Å²) in [5.74, 6) is -0.917. The van der Waals surface area contributed by atoms with Crippen molar-refractivity contribution in [3.8, 4) is 0 Å². The van der Waals surface area contributed by atoms with Crippen molar-refractivity contribution in [3.63, 3.8) is 0 Å². The Labute approximate surface area is 124 Å². The molecule has 0 saturated heterocycles. The summed E-state index contributed by atoms with van der Waals surface area (Å²) in [6.07, 6.45) is 1.98. The molecule has 1 aromatic heterocycles. The monoisotopic (exact) mass is 329 g/mol. The van der Waals surface area contributed by atoms with Gasteiger partial charge in [0.1, 0.15) is 0 Å². The summed E-state index contributed by atoms with van der Waals surface area (Å²) in [5.41, 5.74) is 2.39. The molecule has 0 aliphatic rings. The van der Waals surface area contributed by atoms with Gasteiger partial charge in [-0.15, -0.1) is 0 Å². The number of halogens is 1. The second kappa shape index (κ2) is 5.13. The minimum atomic E-state index is -0.917. The van der Waals surface area contributed by atoms with Crippen LogP contribution in [0.1, 0.15) is 15.9 Å². The van der Waals surface area contributed by atoms with Gasteiger partial charge in [0, 0.05) is 22.6 Å². The number of hydrogen-bond donors (Lipinski definition) is 1. The number of nitrogens with zero attached hydrogens (tertiary/aromatic N) is 1. The average Bonchev–Trinajstić information content (AvgIpc) is 2.84. The Morgan fingerprint density at radius 3 is 2.60 bits per heavy atom. The number of carboxylic acid groups (broad SMARTS) is 1. The van der Waals surface area contributed by atoms with Crippen LogP contribution in [0.5, 0.6) is 0 Å². The zero-order valence-electron chi connectivity index (χ0n) is 10.6. The molecule has 3 nitrogen and oxygen atoms in total. The molecule has 0 aliphatic heterocycles. The van der Waals surface area contributed by atoms with Crippen molar-refractivity contribution >= 4 is 32.8 Å². The fraction of sp³-hybridized carbons (Fsp3) is 0.0625. The van der Waals surface area contributed by atoms with Crippen LogP contribution in [0, 0.1) is 0 Å². The fourth-order valence-corrected chi connectivity index (χ4v) is 2.87. The number of benzene rings is 2. The summed E-state index contributed by atoms with van der Waals surface area (Å²) in [6.45, 7) is 0.722. The average molecular weight is 330 g/mol. The molecule has 20 heavy (non-hydrogen) atoms. The summed E-state index contributed by atoms with van der Waals surface area (Å²) in [4.78, 5) is 11.2. The number of carboxylic acids is 1. The Kier molecular flexibility index (Phi) is 3.32. The van der Waals surface area contributed by atoms with E-state index < -0.39 is 5.97 Å². The van der Waals surface area contributed by atoms with E-state index in [9.17, 15) is 4.79 Å². The summed E-state index contributed by atoms with van der Waals surface area (Å²) >= 11 is 3.44. The smallest absolute Gasteiger partial charge is 0.335 e. The van der Waals surface area contributed by atoms with Crippen LogP contribution in [0.15, 0.2) is 59.2 Å². The van der Waals surface area contributed by atoms with E-state index in [4.69, 9.17) is 5.11 Å². The molecule has 1 heterocycles. The number of carbonyl (C=O) groups is 1. The van der Waals surface area contributed by atoms with Crippen LogP contribution in [0.4, 0.5) is 0 Å². The molecule has 2 aromatic carbocycles. The van der Waals surface area contributed by atoms with Crippen molar-refractivity contribution in [3.05, 3.63) is 70.3 Å². The predicted octanol–water partition coefficient (Wildman–Crippen LogP) is 4.15. The van der Waals surface area contributed by atoms with Gasteiger partial charge in [0.05, 0.1) is 11.1 Å². The van der Waals surface area contributed by atoms with E-state index in [1.54, 1.807) is 12.1 Å². The lowest BCUT2D eigenvalue weighted by Crippen LogP contribution is -2.00. The zero-order chi connectivity index (χ0) is 14.1. The van der Waals surface area contributed by atoms with Crippen LogP contribution in [0.25, 0.3) is 10.9 Å². The third-order valence-corrected chi connectivity index (χ3v) is 3.94. The summed E-state index contributed by atoms with van der Waals surface area (Å²) in [5, 5.41) is 10.2. The maximum atomic E-state index is 11.2. The highest BCUT2D eigenvalue weighted by Crippen LogP contribution is 2.27. The SMILES string of the molecule is O=C(O)c1cc(Br)c2ccn(Cc3ccccc3)c2c1. The Bertz CT molecular complexity index is 778. The third kappa shape index (κ3) is 2.34. The van der Waals surface area contributed by atoms with E-state index in [0.717, 1.165) is 21.9 Å². The summed E-state index contributed by atoms with van der Waals surface area (Å²) in [6, 6.07) is 15.4. The van der Waals surface area contributed by atoms with Crippen molar-refractivity contribution in [2.45, 2.75) is 6.54 Å². The topological polar surface area (TPSA) is 42.2 Å². The number of fused-ring (bicyclic) bond motifs is 1. The normalized spacial score (nSPS) is 10.8. The lowest BCUT2D eigenvalue weighted by atomic mass is 10.1. The molecule has 3 rings (SSSR count). The van der Waals surface area contributed by atoms with Gasteiger partial charge in [-0.05, 0) is 23.8 Å².